The zero-order valence-corrected chi connectivity index (χ0v) is 12.9. The third-order valence-electron chi connectivity index (χ3n) is 2.09. The molecule has 0 heterocycles. The molecule has 0 saturated heterocycles. The molecule has 0 aromatic heterocycles. The minimum atomic E-state index is -0.934. The van der Waals surface area contributed by atoms with Crippen LogP contribution in [0.4, 0.5) is 0 Å². The second-order valence-corrected chi connectivity index (χ2v) is 5.40. The molecule has 0 rings (SSSR count). The molecule has 20 heavy (non-hydrogen) atoms. The lowest BCUT2D eigenvalue weighted by Crippen LogP contribution is -2.22. The van der Waals surface area contributed by atoms with Crippen LogP contribution in [0.25, 0.3) is 0 Å². The molecule has 0 amide bonds. The van der Waals surface area contributed by atoms with Crippen molar-refractivity contribution in [2.45, 2.75) is 6.42 Å². The number of hydrogen-bond donors (Lipinski definition) is 0. The van der Waals surface area contributed by atoms with Crippen LogP contribution in [0.1, 0.15) is 6.42 Å². The summed E-state index contributed by atoms with van der Waals surface area (Å²) in [5.74, 6) is -2.34. The Balaban J connectivity index is 4.48. The number of allylic oxidation sites excluding steroid dienone is 1. The molecule has 0 aliphatic carbocycles. The highest BCUT2D eigenvalue weighted by Gasteiger charge is 2.27. The van der Waals surface area contributed by atoms with Crippen molar-refractivity contribution in [3.05, 3.63) is 12.7 Å². The zero-order valence-electron chi connectivity index (χ0n) is 11.2. The maximum Gasteiger partial charge on any atom is 0.316 e. The Labute approximate surface area is 125 Å². The van der Waals surface area contributed by atoms with E-state index in [4.69, 9.17) is 0 Å². The molecule has 0 bridgehead atoms. The standard InChI is InChI=1S/C12H16O6S2/c1-4-5-8(11(15)19-6-9(13)17-2)12(16)20-7-10(14)18-3/h4,8H,1,5-7H2,2-3H3. The highest BCUT2D eigenvalue weighted by atomic mass is 32.2. The van der Waals surface area contributed by atoms with Gasteiger partial charge < -0.3 is 9.47 Å². The summed E-state index contributed by atoms with van der Waals surface area (Å²) in [6.45, 7) is 3.48. The van der Waals surface area contributed by atoms with Gasteiger partial charge in [0.15, 0.2) is 0 Å². The van der Waals surface area contributed by atoms with Crippen LogP contribution < -0.4 is 0 Å². The average Bonchev–Trinajstić information content (AvgIpc) is 2.46. The summed E-state index contributed by atoms with van der Waals surface area (Å²) >= 11 is 1.43. The maximum atomic E-state index is 11.9. The smallest absolute Gasteiger partial charge is 0.316 e. The fraction of sp³-hybridized carbons (Fsp3) is 0.500. The molecular formula is C12H16O6S2. The van der Waals surface area contributed by atoms with Gasteiger partial charge in [-0.05, 0) is 6.42 Å². The van der Waals surface area contributed by atoms with Crippen molar-refractivity contribution in [2.75, 3.05) is 25.7 Å². The number of rotatable bonds is 8. The monoisotopic (exact) mass is 320 g/mol. The molecule has 0 spiro atoms. The lowest BCUT2D eigenvalue weighted by Gasteiger charge is -2.11. The minimum absolute atomic E-state index is 0.153. The van der Waals surface area contributed by atoms with Crippen molar-refractivity contribution >= 4 is 45.7 Å². The van der Waals surface area contributed by atoms with Gasteiger partial charge in [-0.15, -0.1) is 6.58 Å². The molecule has 0 aromatic carbocycles. The van der Waals surface area contributed by atoms with Gasteiger partial charge >= 0.3 is 11.9 Å². The van der Waals surface area contributed by atoms with Gasteiger partial charge in [0.1, 0.15) is 5.92 Å². The van der Waals surface area contributed by atoms with Crippen molar-refractivity contribution in [3.63, 3.8) is 0 Å². The topological polar surface area (TPSA) is 86.7 Å². The van der Waals surface area contributed by atoms with Crippen molar-refractivity contribution in [1.82, 2.24) is 0 Å². The minimum Gasteiger partial charge on any atom is -0.468 e. The number of esters is 2. The summed E-state index contributed by atoms with van der Waals surface area (Å²) < 4.78 is 8.82. The van der Waals surface area contributed by atoms with E-state index in [9.17, 15) is 19.2 Å². The first-order valence-corrected chi connectivity index (χ1v) is 7.51. The Morgan fingerprint density at radius 2 is 1.40 bits per heavy atom. The van der Waals surface area contributed by atoms with E-state index in [-0.39, 0.29) is 17.9 Å². The summed E-state index contributed by atoms with van der Waals surface area (Å²) in [6.07, 6.45) is 1.60. The van der Waals surface area contributed by atoms with Gasteiger partial charge in [0.2, 0.25) is 10.2 Å². The van der Waals surface area contributed by atoms with Gasteiger partial charge in [0, 0.05) is 0 Å². The molecule has 0 radical (unpaired) electrons. The van der Waals surface area contributed by atoms with E-state index in [0.717, 1.165) is 0 Å². The molecule has 0 aliphatic heterocycles. The van der Waals surface area contributed by atoms with E-state index in [1.165, 1.54) is 20.3 Å². The first-order valence-electron chi connectivity index (χ1n) is 5.54. The van der Waals surface area contributed by atoms with Crippen LogP contribution in [0.5, 0.6) is 0 Å². The van der Waals surface area contributed by atoms with Crippen LogP contribution >= 0.6 is 23.5 Å². The van der Waals surface area contributed by atoms with Crippen LogP contribution in [0.15, 0.2) is 12.7 Å². The maximum absolute atomic E-state index is 11.9. The first kappa shape index (κ1) is 18.7. The fourth-order valence-electron chi connectivity index (χ4n) is 1.03. The van der Waals surface area contributed by atoms with E-state index in [0.29, 0.717) is 23.5 Å². The van der Waals surface area contributed by atoms with E-state index in [2.05, 4.69) is 16.1 Å². The fourth-order valence-corrected chi connectivity index (χ4v) is 2.67. The summed E-state index contributed by atoms with van der Waals surface area (Å²) in [7, 11) is 2.43. The van der Waals surface area contributed by atoms with Gasteiger partial charge in [0.25, 0.3) is 0 Å². The SMILES string of the molecule is C=CCC(C(=O)SCC(=O)OC)C(=O)SCC(=O)OC. The lowest BCUT2D eigenvalue weighted by atomic mass is 10.1. The molecule has 0 aliphatic rings. The number of methoxy groups -OCH3 is 2. The van der Waals surface area contributed by atoms with E-state index >= 15 is 0 Å². The zero-order chi connectivity index (χ0) is 15.5. The molecule has 0 saturated carbocycles. The Morgan fingerprint density at radius 3 is 1.70 bits per heavy atom. The Morgan fingerprint density at radius 1 is 1.00 bits per heavy atom. The van der Waals surface area contributed by atoms with E-state index < -0.39 is 28.1 Å². The Kier molecular flexibility index (Phi) is 9.83. The summed E-state index contributed by atoms with van der Waals surface area (Å²) in [5.41, 5.74) is 0. The number of hydrogen-bond acceptors (Lipinski definition) is 8. The van der Waals surface area contributed by atoms with Crippen LogP contribution in [-0.2, 0) is 28.7 Å². The Hall–Kier alpha value is -1.28. The number of ether oxygens (including phenoxy) is 2. The molecule has 0 N–H and O–H groups in total. The van der Waals surface area contributed by atoms with Crippen LogP contribution in [-0.4, -0.2) is 47.9 Å². The largest absolute Gasteiger partial charge is 0.468 e. The predicted molar refractivity (Wildman–Crippen MR) is 77.3 cm³/mol. The summed E-state index contributed by atoms with van der Waals surface area (Å²) in [4.78, 5) is 45.6. The highest BCUT2D eigenvalue weighted by Crippen LogP contribution is 2.22. The van der Waals surface area contributed by atoms with Crippen molar-refractivity contribution in [2.24, 2.45) is 5.92 Å². The molecule has 6 nitrogen and oxygen atoms in total. The molecule has 8 heteroatoms. The van der Waals surface area contributed by atoms with Gasteiger partial charge in [0.05, 0.1) is 25.7 Å². The van der Waals surface area contributed by atoms with Crippen molar-refractivity contribution in [1.29, 1.82) is 0 Å². The van der Waals surface area contributed by atoms with Crippen molar-refractivity contribution < 1.29 is 28.7 Å². The molecule has 0 atom stereocenters. The van der Waals surface area contributed by atoms with E-state index in [1.54, 1.807) is 0 Å². The molecule has 0 fully saturated rings. The third-order valence-corrected chi connectivity index (χ3v) is 3.99. The number of carbonyl (C=O) groups is 4. The number of carbonyl (C=O) groups excluding carboxylic acids is 4. The number of thioether (sulfide) groups is 2. The normalized spacial score (nSPS) is 9.95. The van der Waals surface area contributed by atoms with E-state index in [1.807, 2.05) is 0 Å². The molecule has 112 valence electrons. The van der Waals surface area contributed by atoms with Crippen LogP contribution in [0.3, 0.4) is 0 Å². The third kappa shape index (κ3) is 7.34. The summed E-state index contributed by atoms with van der Waals surface area (Å²) in [6, 6.07) is 0. The summed E-state index contributed by atoms with van der Waals surface area (Å²) in [5, 5.41) is -0.893. The lowest BCUT2D eigenvalue weighted by molar-refractivity contribution is -0.138. The van der Waals surface area contributed by atoms with Gasteiger partial charge in [-0.1, -0.05) is 29.6 Å². The molecular weight excluding hydrogens is 304 g/mol. The molecule has 0 aromatic rings. The average molecular weight is 320 g/mol. The first-order chi connectivity index (χ1) is 9.46. The Bertz CT molecular complexity index is 361. The second-order valence-electron chi connectivity index (χ2n) is 3.44. The highest BCUT2D eigenvalue weighted by molar-refractivity contribution is 8.16. The van der Waals surface area contributed by atoms with Crippen LogP contribution in [0.2, 0.25) is 0 Å². The predicted octanol–water partition coefficient (Wildman–Crippen LogP) is 1.04. The quantitative estimate of drug-likeness (QED) is 0.372. The van der Waals surface area contributed by atoms with Crippen molar-refractivity contribution in [3.8, 4) is 0 Å². The second kappa shape index (κ2) is 10.5. The molecule has 0 unspecified atom stereocenters. The van der Waals surface area contributed by atoms with Gasteiger partial charge in [-0.2, -0.15) is 0 Å². The van der Waals surface area contributed by atoms with Crippen LogP contribution in [0, 0.1) is 5.92 Å². The van der Waals surface area contributed by atoms with Gasteiger partial charge in [-0.3, -0.25) is 19.2 Å². The van der Waals surface area contributed by atoms with Gasteiger partial charge in [-0.25, -0.2) is 0 Å².